The number of halogens is 1. The highest BCUT2D eigenvalue weighted by Crippen LogP contribution is 2.59. The molecule has 1 aliphatic rings. The monoisotopic (exact) mass is 222 g/mol. The Kier molecular flexibility index (Phi) is 2.70. The van der Waals surface area contributed by atoms with Crippen molar-refractivity contribution in [1.29, 1.82) is 0 Å². The van der Waals surface area contributed by atoms with Crippen molar-refractivity contribution in [2.24, 2.45) is 5.41 Å². The fourth-order valence-corrected chi connectivity index (χ4v) is 2.07. The van der Waals surface area contributed by atoms with Crippen LogP contribution in [0.4, 0.5) is 4.39 Å². The third-order valence-electron chi connectivity index (χ3n) is 3.25. The second kappa shape index (κ2) is 3.89. The van der Waals surface area contributed by atoms with E-state index in [4.69, 9.17) is 4.74 Å². The summed E-state index contributed by atoms with van der Waals surface area (Å²) < 4.78 is 17.8. The van der Waals surface area contributed by atoms with Gasteiger partial charge in [-0.1, -0.05) is 12.1 Å². The van der Waals surface area contributed by atoms with E-state index in [1.54, 1.807) is 19.1 Å². The molecule has 2 atom stereocenters. The summed E-state index contributed by atoms with van der Waals surface area (Å²) in [5.41, 5.74) is 0.602. The van der Waals surface area contributed by atoms with E-state index in [-0.39, 0.29) is 17.7 Å². The third-order valence-corrected chi connectivity index (χ3v) is 3.25. The molecule has 1 aromatic carbocycles. The molecule has 86 valence electrons. The number of carbonyl (C=O) groups excluding carboxylic acids is 1. The van der Waals surface area contributed by atoms with E-state index in [1.165, 1.54) is 12.1 Å². The second-order valence-corrected chi connectivity index (χ2v) is 4.45. The van der Waals surface area contributed by atoms with Crippen molar-refractivity contribution in [3.8, 4) is 0 Å². The topological polar surface area (TPSA) is 26.3 Å². The smallest absolute Gasteiger partial charge is 0.312 e. The largest absolute Gasteiger partial charge is 0.466 e. The maximum atomic E-state index is 12.8. The molecule has 0 bridgehead atoms. The van der Waals surface area contributed by atoms with Crippen LogP contribution in [0.25, 0.3) is 0 Å². The van der Waals surface area contributed by atoms with Gasteiger partial charge in [-0.05, 0) is 38.0 Å². The average Bonchev–Trinajstić information content (AvgIpc) is 2.94. The summed E-state index contributed by atoms with van der Waals surface area (Å²) in [7, 11) is 0. The van der Waals surface area contributed by atoms with E-state index >= 15 is 0 Å². The van der Waals surface area contributed by atoms with Crippen molar-refractivity contribution in [3.63, 3.8) is 0 Å². The summed E-state index contributed by atoms with van der Waals surface area (Å²) in [6.07, 6.45) is 0.789. The fraction of sp³-hybridized carbons (Fsp3) is 0.462. The number of ether oxygens (including phenoxy) is 1. The molecule has 0 unspecified atom stereocenters. The van der Waals surface area contributed by atoms with Crippen LogP contribution < -0.4 is 0 Å². The van der Waals surface area contributed by atoms with E-state index in [1.807, 2.05) is 6.92 Å². The number of hydrogen-bond acceptors (Lipinski definition) is 2. The first kappa shape index (κ1) is 11.1. The van der Waals surface area contributed by atoms with E-state index in [9.17, 15) is 9.18 Å². The lowest BCUT2D eigenvalue weighted by Gasteiger charge is -2.10. The van der Waals surface area contributed by atoms with Gasteiger partial charge in [0.25, 0.3) is 0 Å². The average molecular weight is 222 g/mol. The molecule has 0 aliphatic heterocycles. The van der Waals surface area contributed by atoms with Crippen LogP contribution in [0.5, 0.6) is 0 Å². The van der Waals surface area contributed by atoms with Crippen LogP contribution in [-0.2, 0) is 9.53 Å². The quantitative estimate of drug-likeness (QED) is 0.735. The maximum Gasteiger partial charge on any atom is 0.312 e. The number of benzene rings is 1. The van der Waals surface area contributed by atoms with Gasteiger partial charge in [-0.25, -0.2) is 4.39 Å². The van der Waals surface area contributed by atoms with Crippen LogP contribution in [0.2, 0.25) is 0 Å². The number of esters is 1. The van der Waals surface area contributed by atoms with E-state index < -0.39 is 5.41 Å². The van der Waals surface area contributed by atoms with Crippen molar-refractivity contribution < 1.29 is 13.9 Å². The van der Waals surface area contributed by atoms with Crippen LogP contribution >= 0.6 is 0 Å². The highest BCUT2D eigenvalue weighted by Gasteiger charge is 2.57. The molecule has 1 aliphatic carbocycles. The van der Waals surface area contributed by atoms with Gasteiger partial charge < -0.3 is 4.74 Å². The molecule has 0 heterocycles. The Balaban J connectivity index is 2.10. The lowest BCUT2D eigenvalue weighted by molar-refractivity contribution is -0.149. The minimum absolute atomic E-state index is 0.149. The summed E-state index contributed by atoms with van der Waals surface area (Å²) in [4.78, 5) is 11.7. The molecule has 1 fully saturated rings. The Morgan fingerprint density at radius 1 is 1.50 bits per heavy atom. The standard InChI is InChI=1S/C13H15FO2/c1-3-16-12(15)13(2)8-11(13)9-4-6-10(14)7-5-9/h4-7,11H,3,8H2,1-2H3/t11-,13+/m0/s1. The van der Waals surface area contributed by atoms with Gasteiger partial charge in [0.05, 0.1) is 12.0 Å². The molecule has 3 heteroatoms. The van der Waals surface area contributed by atoms with Crippen LogP contribution in [0.3, 0.4) is 0 Å². The van der Waals surface area contributed by atoms with E-state index in [0.29, 0.717) is 6.61 Å². The molecule has 0 amide bonds. The summed E-state index contributed by atoms with van der Waals surface area (Å²) in [5.74, 6) is -0.223. The predicted octanol–water partition coefficient (Wildman–Crippen LogP) is 2.88. The second-order valence-electron chi connectivity index (χ2n) is 4.45. The molecule has 0 saturated heterocycles. The number of carbonyl (C=O) groups is 1. The summed E-state index contributed by atoms with van der Waals surface area (Å²) in [6.45, 7) is 4.11. The zero-order chi connectivity index (χ0) is 11.8. The Morgan fingerprint density at radius 2 is 2.12 bits per heavy atom. The lowest BCUT2D eigenvalue weighted by Crippen LogP contribution is -2.17. The van der Waals surface area contributed by atoms with E-state index in [0.717, 1.165) is 12.0 Å². The van der Waals surface area contributed by atoms with Crippen molar-refractivity contribution in [1.82, 2.24) is 0 Å². The maximum absolute atomic E-state index is 12.8. The van der Waals surface area contributed by atoms with Crippen LogP contribution in [0.15, 0.2) is 24.3 Å². The Labute approximate surface area is 94.4 Å². The zero-order valence-corrected chi connectivity index (χ0v) is 9.50. The zero-order valence-electron chi connectivity index (χ0n) is 9.50. The normalized spacial score (nSPS) is 27.6. The Hall–Kier alpha value is -1.38. The van der Waals surface area contributed by atoms with Crippen molar-refractivity contribution in [3.05, 3.63) is 35.6 Å². The molecule has 0 aromatic heterocycles. The molecule has 1 saturated carbocycles. The molecule has 0 N–H and O–H groups in total. The third kappa shape index (κ3) is 1.82. The Morgan fingerprint density at radius 3 is 2.69 bits per heavy atom. The summed E-state index contributed by atoms with van der Waals surface area (Å²) in [6, 6.07) is 6.34. The first-order valence-electron chi connectivity index (χ1n) is 5.50. The highest BCUT2D eigenvalue weighted by molar-refractivity contribution is 5.81. The predicted molar refractivity (Wildman–Crippen MR) is 58.5 cm³/mol. The summed E-state index contributed by atoms with van der Waals surface area (Å²) in [5, 5.41) is 0. The van der Waals surface area contributed by atoms with Crippen molar-refractivity contribution in [2.45, 2.75) is 26.2 Å². The van der Waals surface area contributed by atoms with Gasteiger partial charge in [-0.15, -0.1) is 0 Å². The molecule has 0 radical (unpaired) electrons. The van der Waals surface area contributed by atoms with Gasteiger partial charge >= 0.3 is 5.97 Å². The number of hydrogen-bond donors (Lipinski definition) is 0. The SMILES string of the molecule is CCOC(=O)[C@]1(C)C[C@H]1c1ccc(F)cc1. The molecule has 0 spiro atoms. The molecule has 1 aromatic rings. The van der Waals surface area contributed by atoms with Crippen molar-refractivity contribution in [2.75, 3.05) is 6.61 Å². The van der Waals surface area contributed by atoms with Gasteiger partial charge in [-0.2, -0.15) is 0 Å². The fourth-order valence-electron chi connectivity index (χ4n) is 2.07. The van der Waals surface area contributed by atoms with E-state index in [2.05, 4.69) is 0 Å². The highest BCUT2D eigenvalue weighted by atomic mass is 19.1. The van der Waals surface area contributed by atoms with Crippen molar-refractivity contribution >= 4 is 5.97 Å². The minimum atomic E-state index is -0.409. The first-order valence-corrected chi connectivity index (χ1v) is 5.50. The van der Waals surface area contributed by atoms with Crippen LogP contribution in [0, 0.1) is 11.2 Å². The molecule has 16 heavy (non-hydrogen) atoms. The molecular weight excluding hydrogens is 207 g/mol. The van der Waals surface area contributed by atoms with Crippen LogP contribution in [-0.4, -0.2) is 12.6 Å². The van der Waals surface area contributed by atoms with Gasteiger partial charge in [-0.3, -0.25) is 4.79 Å². The summed E-state index contributed by atoms with van der Waals surface area (Å²) >= 11 is 0. The molecule has 2 nitrogen and oxygen atoms in total. The molecular formula is C13H15FO2. The molecule has 2 rings (SSSR count). The first-order chi connectivity index (χ1) is 7.58. The van der Waals surface area contributed by atoms with Gasteiger partial charge in [0.2, 0.25) is 0 Å². The minimum Gasteiger partial charge on any atom is -0.466 e. The van der Waals surface area contributed by atoms with Gasteiger partial charge in [0.15, 0.2) is 0 Å². The van der Waals surface area contributed by atoms with Crippen LogP contribution in [0.1, 0.15) is 31.7 Å². The Bertz CT molecular complexity index is 399. The lowest BCUT2D eigenvalue weighted by atomic mass is 10.0. The van der Waals surface area contributed by atoms with Gasteiger partial charge in [0, 0.05) is 5.92 Å². The number of rotatable bonds is 3. The van der Waals surface area contributed by atoms with Gasteiger partial charge in [0.1, 0.15) is 5.82 Å².